The third-order valence-corrected chi connectivity index (χ3v) is 2.57. The lowest BCUT2D eigenvalue weighted by molar-refractivity contribution is 0.0326. The average Bonchev–Trinajstić information content (AvgIpc) is 2.24. The van der Waals surface area contributed by atoms with Crippen molar-refractivity contribution in [2.24, 2.45) is 0 Å². The van der Waals surface area contributed by atoms with E-state index in [-0.39, 0.29) is 5.54 Å². The Labute approximate surface area is 107 Å². The van der Waals surface area contributed by atoms with E-state index in [4.69, 9.17) is 4.74 Å². The van der Waals surface area contributed by atoms with Gasteiger partial charge in [-0.2, -0.15) is 0 Å². The lowest BCUT2D eigenvalue weighted by atomic mass is 10.1. The molecule has 0 fully saturated rings. The van der Waals surface area contributed by atoms with Crippen molar-refractivity contribution in [2.75, 3.05) is 19.8 Å². The first-order valence-electron chi connectivity index (χ1n) is 6.96. The third kappa shape index (κ3) is 13.8. The van der Waals surface area contributed by atoms with E-state index < -0.39 is 6.10 Å². The summed E-state index contributed by atoms with van der Waals surface area (Å²) < 4.78 is 5.45. The van der Waals surface area contributed by atoms with Crippen molar-refractivity contribution in [3.8, 4) is 0 Å². The molecule has 0 bridgehead atoms. The molecule has 0 aromatic heterocycles. The summed E-state index contributed by atoms with van der Waals surface area (Å²) in [7, 11) is 0. The maximum absolute atomic E-state index is 9.67. The molecule has 17 heavy (non-hydrogen) atoms. The zero-order valence-electron chi connectivity index (χ0n) is 12.1. The Morgan fingerprint density at radius 3 is 2.35 bits per heavy atom. The number of β-amino-alcohol motifs (C(OH)–C–C–N with tert-alkyl or cyclic N) is 1. The van der Waals surface area contributed by atoms with Gasteiger partial charge >= 0.3 is 0 Å². The molecular weight excluding hydrogens is 214 g/mol. The van der Waals surface area contributed by atoms with Gasteiger partial charge in [0.1, 0.15) is 0 Å². The number of hydrogen-bond donors (Lipinski definition) is 2. The Bertz CT molecular complexity index is 166. The van der Waals surface area contributed by atoms with Crippen molar-refractivity contribution in [1.29, 1.82) is 0 Å². The van der Waals surface area contributed by atoms with Crippen LogP contribution in [0.25, 0.3) is 0 Å². The molecule has 0 aliphatic carbocycles. The topological polar surface area (TPSA) is 41.5 Å². The number of aliphatic hydroxyl groups excluding tert-OH is 1. The second-order valence-corrected chi connectivity index (χ2v) is 5.77. The zero-order valence-corrected chi connectivity index (χ0v) is 12.1. The molecule has 0 saturated carbocycles. The van der Waals surface area contributed by atoms with Crippen molar-refractivity contribution >= 4 is 0 Å². The molecular formula is C14H31NO2. The normalized spacial score (nSPS) is 13.9. The summed E-state index contributed by atoms with van der Waals surface area (Å²) >= 11 is 0. The first-order chi connectivity index (χ1) is 7.95. The molecule has 2 N–H and O–H groups in total. The number of unbranched alkanes of at least 4 members (excludes halogenated alkanes) is 4. The van der Waals surface area contributed by atoms with Crippen LogP contribution in [0, 0.1) is 0 Å². The van der Waals surface area contributed by atoms with Gasteiger partial charge < -0.3 is 15.2 Å². The zero-order chi connectivity index (χ0) is 13.1. The number of hydrogen-bond acceptors (Lipinski definition) is 3. The molecule has 0 rings (SSSR count). The fourth-order valence-electron chi connectivity index (χ4n) is 1.51. The SMILES string of the molecule is CCCCCCCOCC(O)CNC(C)(C)C. The smallest absolute Gasteiger partial charge is 0.0897 e. The van der Waals surface area contributed by atoms with Crippen LogP contribution in [0.2, 0.25) is 0 Å². The molecule has 0 spiro atoms. The predicted molar refractivity (Wildman–Crippen MR) is 73.3 cm³/mol. The molecule has 0 aromatic carbocycles. The highest BCUT2D eigenvalue weighted by atomic mass is 16.5. The lowest BCUT2D eigenvalue weighted by Crippen LogP contribution is -2.42. The van der Waals surface area contributed by atoms with Crippen LogP contribution in [0.4, 0.5) is 0 Å². The van der Waals surface area contributed by atoms with Crippen LogP contribution in [0.1, 0.15) is 59.8 Å². The summed E-state index contributed by atoms with van der Waals surface area (Å²) in [6, 6.07) is 0. The summed E-state index contributed by atoms with van der Waals surface area (Å²) in [5.74, 6) is 0. The van der Waals surface area contributed by atoms with Crippen molar-refractivity contribution in [3.63, 3.8) is 0 Å². The second-order valence-electron chi connectivity index (χ2n) is 5.77. The average molecular weight is 245 g/mol. The van der Waals surface area contributed by atoms with Crippen LogP contribution < -0.4 is 5.32 Å². The second kappa shape index (κ2) is 9.86. The van der Waals surface area contributed by atoms with Gasteiger partial charge in [0.15, 0.2) is 0 Å². The van der Waals surface area contributed by atoms with Crippen LogP contribution in [0.5, 0.6) is 0 Å². The fraction of sp³-hybridized carbons (Fsp3) is 1.00. The molecule has 0 aliphatic heterocycles. The summed E-state index contributed by atoms with van der Waals surface area (Å²) in [4.78, 5) is 0. The van der Waals surface area contributed by atoms with Crippen molar-refractivity contribution < 1.29 is 9.84 Å². The van der Waals surface area contributed by atoms with Gasteiger partial charge in [-0.1, -0.05) is 32.6 Å². The summed E-state index contributed by atoms with van der Waals surface area (Å²) in [6.07, 6.45) is 5.85. The van der Waals surface area contributed by atoms with E-state index in [9.17, 15) is 5.11 Å². The van der Waals surface area contributed by atoms with Gasteiger partial charge in [-0.05, 0) is 27.2 Å². The Balaban J connectivity index is 3.25. The van der Waals surface area contributed by atoms with Gasteiger partial charge in [0.05, 0.1) is 12.7 Å². The minimum absolute atomic E-state index is 0.0567. The first-order valence-corrected chi connectivity index (χ1v) is 6.96. The molecule has 0 saturated heterocycles. The molecule has 3 heteroatoms. The maximum atomic E-state index is 9.67. The Hall–Kier alpha value is -0.120. The number of rotatable bonds is 10. The van der Waals surface area contributed by atoms with Gasteiger partial charge in [0.2, 0.25) is 0 Å². The molecule has 0 heterocycles. The van der Waals surface area contributed by atoms with Crippen LogP contribution in [0.3, 0.4) is 0 Å². The Morgan fingerprint density at radius 1 is 1.12 bits per heavy atom. The number of aliphatic hydroxyl groups is 1. The minimum atomic E-state index is -0.398. The third-order valence-electron chi connectivity index (χ3n) is 2.57. The van der Waals surface area contributed by atoms with Crippen molar-refractivity contribution in [1.82, 2.24) is 5.32 Å². The van der Waals surface area contributed by atoms with Crippen LogP contribution in [-0.4, -0.2) is 36.5 Å². The molecule has 1 atom stereocenters. The fourth-order valence-corrected chi connectivity index (χ4v) is 1.51. The van der Waals surface area contributed by atoms with Crippen molar-refractivity contribution in [2.45, 2.75) is 71.4 Å². The van der Waals surface area contributed by atoms with Gasteiger partial charge in [-0.15, -0.1) is 0 Å². The largest absolute Gasteiger partial charge is 0.389 e. The van der Waals surface area contributed by atoms with Gasteiger partial charge in [0, 0.05) is 18.7 Å². The summed E-state index contributed by atoms with van der Waals surface area (Å²) in [5, 5.41) is 12.9. The Kier molecular flexibility index (Phi) is 9.79. The van der Waals surface area contributed by atoms with Gasteiger partial charge in [-0.3, -0.25) is 0 Å². The summed E-state index contributed by atoms with van der Waals surface area (Å²) in [5.41, 5.74) is 0.0567. The number of ether oxygens (including phenoxy) is 1. The molecule has 0 aromatic rings. The Morgan fingerprint density at radius 2 is 1.76 bits per heavy atom. The number of nitrogens with one attached hydrogen (secondary N) is 1. The van der Waals surface area contributed by atoms with E-state index in [1.165, 1.54) is 25.7 Å². The van der Waals surface area contributed by atoms with Crippen molar-refractivity contribution in [3.05, 3.63) is 0 Å². The van der Waals surface area contributed by atoms with Crippen LogP contribution >= 0.6 is 0 Å². The molecule has 104 valence electrons. The highest BCUT2D eigenvalue weighted by Crippen LogP contribution is 2.03. The van der Waals surface area contributed by atoms with E-state index in [0.29, 0.717) is 13.2 Å². The van der Waals surface area contributed by atoms with Crippen LogP contribution in [0.15, 0.2) is 0 Å². The molecule has 3 nitrogen and oxygen atoms in total. The monoisotopic (exact) mass is 245 g/mol. The van der Waals surface area contributed by atoms with Gasteiger partial charge in [0.25, 0.3) is 0 Å². The first kappa shape index (κ1) is 16.9. The van der Waals surface area contributed by atoms with Gasteiger partial charge in [-0.25, -0.2) is 0 Å². The highest BCUT2D eigenvalue weighted by molar-refractivity contribution is 4.72. The molecule has 1 unspecified atom stereocenters. The molecule has 0 amide bonds. The molecule has 0 aliphatic rings. The molecule has 0 radical (unpaired) electrons. The quantitative estimate of drug-likeness (QED) is 0.582. The van der Waals surface area contributed by atoms with E-state index in [1.54, 1.807) is 0 Å². The highest BCUT2D eigenvalue weighted by Gasteiger charge is 2.11. The lowest BCUT2D eigenvalue weighted by Gasteiger charge is -2.22. The van der Waals surface area contributed by atoms with E-state index in [0.717, 1.165) is 13.0 Å². The van der Waals surface area contributed by atoms with E-state index in [1.807, 2.05) is 0 Å². The standard InChI is InChI=1S/C14H31NO2/c1-5-6-7-8-9-10-17-12-13(16)11-15-14(2,3)4/h13,15-16H,5-12H2,1-4H3. The van der Waals surface area contributed by atoms with Crippen LogP contribution in [-0.2, 0) is 4.74 Å². The van der Waals surface area contributed by atoms with E-state index in [2.05, 4.69) is 33.0 Å². The maximum Gasteiger partial charge on any atom is 0.0897 e. The summed E-state index contributed by atoms with van der Waals surface area (Å²) in [6.45, 7) is 10.3. The predicted octanol–water partition coefficient (Wildman–Crippen LogP) is 2.72. The minimum Gasteiger partial charge on any atom is -0.389 e. The van der Waals surface area contributed by atoms with E-state index >= 15 is 0 Å².